The fourth-order valence-corrected chi connectivity index (χ4v) is 16.1. The Hall–Kier alpha value is -5.44. The Balaban J connectivity index is 1.01. The number of nitrogens with zero attached hydrogens (tertiary/aromatic N) is 2. The second-order valence-corrected chi connectivity index (χ2v) is 23.7. The normalized spacial score (nSPS) is 19.3. The zero-order valence-electron chi connectivity index (χ0n) is 40.6. The number of hydrogen-bond acceptors (Lipinski definition) is 6. The third-order valence-electron chi connectivity index (χ3n) is 16.8. The van der Waals surface area contributed by atoms with Crippen molar-refractivity contribution in [2.45, 2.75) is 162 Å². The van der Waals surface area contributed by atoms with Crippen molar-refractivity contribution in [3.05, 3.63) is 142 Å². The number of carbonyl (C=O) groups is 4. The summed E-state index contributed by atoms with van der Waals surface area (Å²) in [7, 11) is 0. The maximum absolute atomic E-state index is 15.5. The molecule has 0 N–H and O–H groups in total. The summed E-state index contributed by atoms with van der Waals surface area (Å²) < 4.78 is 0. The monoisotopic (exact) mass is 962 g/mol. The first-order valence-electron chi connectivity index (χ1n) is 26.4. The molecule has 6 aliphatic rings. The number of imide groups is 2. The van der Waals surface area contributed by atoms with Crippen LogP contribution < -0.4 is 9.80 Å². The van der Waals surface area contributed by atoms with E-state index in [1.165, 1.54) is 48.3 Å². The van der Waals surface area contributed by atoms with Gasteiger partial charge >= 0.3 is 0 Å². The quantitative estimate of drug-likeness (QED) is 0.127. The van der Waals surface area contributed by atoms with Gasteiger partial charge in [-0.1, -0.05) is 149 Å². The Kier molecular flexibility index (Phi) is 12.4. The summed E-state index contributed by atoms with van der Waals surface area (Å²) >= 11 is 3.56. The number of para-hydroxylation sites is 2. The minimum Gasteiger partial charge on any atom is -0.268 e. The Morgan fingerprint density at radius 3 is 1.13 bits per heavy atom. The zero-order chi connectivity index (χ0) is 47.6. The second-order valence-electron chi connectivity index (χ2n) is 21.1. The summed E-state index contributed by atoms with van der Waals surface area (Å²) in [6.45, 7) is 4.07. The first kappa shape index (κ1) is 45.7. The number of aryl methyl sites for hydroxylation is 2. The smallest absolute Gasteiger partial charge is 0.267 e. The molecular formula is C62H62N2O4S2. The van der Waals surface area contributed by atoms with E-state index in [9.17, 15) is 0 Å². The average Bonchev–Trinajstić information content (AvgIpc) is 4.21. The molecule has 0 bridgehead atoms. The lowest BCUT2D eigenvalue weighted by Gasteiger charge is -2.24. The van der Waals surface area contributed by atoms with Crippen LogP contribution in [0.3, 0.4) is 0 Å². The minimum atomic E-state index is -0.260. The minimum absolute atomic E-state index is 0.228. The maximum atomic E-state index is 15.5. The molecule has 4 saturated carbocycles. The molecule has 6 nitrogen and oxygen atoms in total. The highest BCUT2D eigenvalue weighted by Crippen LogP contribution is 2.51. The van der Waals surface area contributed by atoms with E-state index in [0.29, 0.717) is 44.6 Å². The standard InChI is InChI=1S/C62H62N2O4S2/c1-37-17-15-29-43(39-19-9-10-20-39)57(37)63-59(65)53-49(33-35-51(55(53)61(63)67)69-41-23-5-3-6-24-41)47-31-32-48(46-28-14-13-27-45(46)47)50-34-36-52(70-42-25-7-4-8-26-42)56-54(50)60(66)64(62(56)68)58-38(2)18-16-30-44(58)40-21-11-12-22-40/h13-18,27-36,39-42H,3-12,19-26H2,1-2H3. The molecule has 0 radical (unpaired) electrons. The van der Waals surface area contributed by atoms with E-state index in [1.807, 2.05) is 38.1 Å². The highest BCUT2D eigenvalue weighted by Gasteiger charge is 2.45. The number of hydrogen-bond donors (Lipinski definition) is 0. The van der Waals surface area contributed by atoms with E-state index in [1.54, 1.807) is 23.5 Å². The van der Waals surface area contributed by atoms with Crippen LogP contribution in [0.2, 0.25) is 0 Å². The summed E-state index contributed by atoms with van der Waals surface area (Å²) in [6, 6.07) is 33.2. The highest BCUT2D eigenvalue weighted by atomic mass is 32.2. The number of benzene rings is 6. The molecule has 0 aromatic heterocycles. The Morgan fingerprint density at radius 2 is 0.729 bits per heavy atom. The van der Waals surface area contributed by atoms with E-state index in [-0.39, 0.29) is 23.6 Å². The predicted octanol–water partition coefficient (Wildman–Crippen LogP) is 16.6. The molecule has 2 heterocycles. The lowest BCUT2D eigenvalue weighted by Crippen LogP contribution is -2.31. The van der Waals surface area contributed by atoms with Crippen molar-refractivity contribution in [1.82, 2.24) is 0 Å². The van der Waals surface area contributed by atoms with Gasteiger partial charge in [0.25, 0.3) is 23.6 Å². The SMILES string of the molecule is Cc1cccc(C2CCCC2)c1N1C(=O)c2c(SC3CCCCC3)ccc(-c3ccc(-c4ccc(SC5CCCCC5)c5c4C(=O)N(c4c(C)cccc4C4CCCC4)C5=O)c4ccccc34)c2C1=O. The third kappa shape index (κ3) is 7.78. The predicted molar refractivity (Wildman–Crippen MR) is 287 cm³/mol. The Morgan fingerprint density at radius 1 is 0.371 bits per heavy atom. The lowest BCUT2D eigenvalue weighted by molar-refractivity contribution is 0.0909. The first-order valence-corrected chi connectivity index (χ1v) is 28.2. The summed E-state index contributed by atoms with van der Waals surface area (Å²) in [5, 5.41) is 2.63. The molecule has 2 aliphatic heterocycles. The Labute approximate surface area is 421 Å². The zero-order valence-corrected chi connectivity index (χ0v) is 42.3. The molecule has 356 valence electrons. The highest BCUT2D eigenvalue weighted by molar-refractivity contribution is 8.00. The maximum Gasteiger partial charge on any atom is 0.267 e. The van der Waals surface area contributed by atoms with Crippen molar-refractivity contribution in [3.8, 4) is 22.3 Å². The van der Waals surface area contributed by atoms with Crippen molar-refractivity contribution in [1.29, 1.82) is 0 Å². The van der Waals surface area contributed by atoms with Gasteiger partial charge in [-0.2, -0.15) is 0 Å². The number of rotatable bonds is 10. The summed E-state index contributed by atoms with van der Waals surface area (Å²) in [6.07, 6.45) is 20.4. The van der Waals surface area contributed by atoms with Crippen molar-refractivity contribution in [2.24, 2.45) is 0 Å². The van der Waals surface area contributed by atoms with Gasteiger partial charge in [-0.3, -0.25) is 19.2 Å². The van der Waals surface area contributed by atoms with Gasteiger partial charge in [0.1, 0.15) is 0 Å². The summed E-state index contributed by atoms with van der Waals surface area (Å²) in [4.78, 5) is 66.3. The van der Waals surface area contributed by atoms with Crippen LogP contribution in [0, 0.1) is 13.8 Å². The number of carbonyl (C=O) groups excluding carboxylic acids is 4. The molecule has 4 amide bonds. The summed E-state index contributed by atoms with van der Waals surface area (Å²) in [5.74, 6) is -0.350. The van der Waals surface area contributed by atoms with Gasteiger partial charge in [0.05, 0.1) is 33.6 Å². The number of amides is 4. The van der Waals surface area contributed by atoms with Gasteiger partial charge in [-0.05, 0) is 144 Å². The Bertz CT molecular complexity index is 2910. The van der Waals surface area contributed by atoms with Crippen LogP contribution in [0.4, 0.5) is 11.4 Å². The molecule has 70 heavy (non-hydrogen) atoms. The number of anilines is 2. The first-order chi connectivity index (χ1) is 34.3. The van der Waals surface area contributed by atoms with Crippen LogP contribution in [0.1, 0.15) is 191 Å². The van der Waals surface area contributed by atoms with Gasteiger partial charge in [-0.15, -0.1) is 23.5 Å². The van der Waals surface area contributed by atoms with E-state index in [0.717, 1.165) is 153 Å². The molecular weight excluding hydrogens is 901 g/mol. The largest absolute Gasteiger partial charge is 0.268 e. The van der Waals surface area contributed by atoms with E-state index < -0.39 is 0 Å². The third-order valence-corrected chi connectivity index (χ3v) is 19.6. The average molecular weight is 963 g/mol. The van der Waals surface area contributed by atoms with E-state index >= 15 is 19.2 Å². The molecule has 6 aromatic rings. The van der Waals surface area contributed by atoms with Gasteiger partial charge in [0, 0.05) is 20.3 Å². The van der Waals surface area contributed by atoms with Gasteiger partial charge in [0.2, 0.25) is 0 Å². The number of fused-ring (bicyclic) bond motifs is 3. The van der Waals surface area contributed by atoms with E-state index in [4.69, 9.17) is 0 Å². The fraction of sp³-hybridized carbons (Fsp3) is 0.387. The molecule has 0 saturated heterocycles. The van der Waals surface area contributed by atoms with Crippen LogP contribution in [0.15, 0.2) is 107 Å². The van der Waals surface area contributed by atoms with Crippen LogP contribution in [-0.4, -0.2) is 34.1 Å². The van der Waals surface area contributed by atoms with Crippen molar-refractivity contribution < 1.29 is 19.2 Å². The molecule has 8 heteroatoms. The fourth-order valence-electron chi connectivity index (χ4n) is 13.3. The molecule has 0 unspecified atom stereocenters. The second kappa shape index (κ2) is 19.0. The van der Waals surface area contributed by atoms with Crippen LogP contribution in [0.25, 0.3) is 33.0 Å². The van der Waals surface area contributed by atoms with Crippen LogP contribution in [0.5, 0.6) is 0 Å². The summed E-state index contributed by atoms with van der Waals surface area (Å²) in [5.41, 5.74) is 10.8. The lowest BCUT2D eigenvalue weighted by atomic mass is 9.87. The molecule has 4 aliphatic carbocycles. The van der Waals surface area contributed by atoms with Gasteiger partial charge in [0.15, 0.2) is 0 Å². The van der Waals surface area contributed by atoms with Crippen LogP contribution in [-0.2, 0) is 0 Å². The number of thioether (sulfide) groups is 2. The molecule has 6 aromatic carbocycles. The van der Waals surface area contributed by atoms with E-state index in [2.05, 4.69) is 72.8 Å². The van der Waals surface area contributed by atoms with Gasteiger partial charge < -0.3 is 0 Å². The molecule has 0 atom stereocenters. The van der Waals surface area contributed by atoms with Crippen molar-refractivity contribution >= 4 is 69.3 Å². The molecule has 4 fully saturated rings. The van der Waals surface area contributed by atoms with Crippen molar-refractivity contribution in [3.63, 3.8) is 0 Å². The van der Waals surface area contributed by atoms with Crippen molar-refractivity contribution in [2.75, 3.05) is 9.80 Å². The molecule has 0 spiro atoms. The van der Waals surface area contributed by atoms with Gasteiger partial charge in [-0.25, -0.2) is 9.80 Å². The van der Waals surface area contributed by atoms with Crippen LogP contribution >= 0.6 is 23.5 Å². The topological polar surface area (TPSA) is 74.8 Å². The molecule has 12 rings (SSSR count).